The zero-order chi connectivity index (χ0) is 13.2. The van der Waals surface area contributed by atoms with Crippen LogP contribution in [0, 0.1) is 18.7 Å². The summed E-state index contributed by atoms with van der Waals surface area (Å²) in [7, 11) is 0. The van der Waals surface area contributed by atoms with Crippen LogP contribution in [0.15, 0.2) is 22.7 Å². The third-order valence-corrected chi connectivity index (χ3v) is 3.52. The molecule has 1 unspecified atom stereocenters. The second-order valence-corrected chi connectivity index (χ2v) is 5.04. The van der Waals surface area contributed by atoms with Crippen molar-refractivity contribution in [1.82, 2.24) is 15.5 Å². The smallest absolute Gasteiger partial charge is 0.227 e. The zero-order valence-electron chi connectivity index (χ0n) is 11.2. The molecule has 3 rings (SSSR count). The van der Waals surface area contributed by atoms with Crippen molar-refractivity contribution in [2.24, 2.45) is 5.92 Å². The van der Waals surface area contributed by atoms with Crippen molar-refractivity contribution >= 4 is 12.4 Å². The van der Waals surface area contributed by atoms with E-state index in [0.29, 0.717) is 28.8 Å². The van der Waals surface area contributed by atoms with E-state index >= 15 is 0 Å². The van der Waals surface area contributed by atoms with Crippen molar-refractivity contribution in [3.8, 4) is 11.4 Å². The highest BCUT2D eigenvalue weighted by molar-refractivity contribution is 5.85. The average molecular weight is 298 g/mol. The predicted molar refractivity (Wildman–Crippen MR) is 76.4 cm³/mol. The lowest BCUT2D eigenvalue weighted by Crippen LogP contribution is -2.10. The summed E-state index contributed by atoms with van der Waals surface area (Å²) in [4.78, 5) is 4.34. The molecule has 2 aromatic rings. The van der Waals surface area contributed by atoms with E-state index in [1.54, 1.807) is 13.0 Å². The Hall–Kier alpha value is -1.46. The van der Waals surface area contributed by atoms with Crippen molar-refractivity contribution in [2.45, 2.75) is 19.8 Å². The zero-order valence-corrected chi connectivity index (χ0v) is 12.0. The van der Waals surface area contributed by atoms with Crippen LogP contribution >= 0.6 is 12.4 Å². The van der Waals surface area contributed by atoms with Crippen molar-refractivity contribution in [2.75, 3.05) is 13.1 Å². The standard InChI is InChI=1S/C14H16FN3O.ClH/c1-9-2-3-11(7-12(9)15)14-17-13(19-18-14)6-10-4-5-16-8-10;/h2-3,7,10,16H,4-6,8H2,1H3;1H. The molecule has 0 bridgehead atoms. The number of aryl methyl sites for hydroxylation is 1. The molecular formula is C14H17ClFN3O. The summed E-state index contributed by atoms with van der Waals surface area (Å²) < 4.78 is 18.7. The van der Waals surface area contributed by atoms with Crippen LogP contribution in [-0.4, -0.2) is 23.2 Å². The molecule has 1 aliphatic heterocycles. The molecule has 0 amide bonds. The molecule has 1 aliphatic rings. The molecule has 0 aliphatic carbocycles. The fourth-order valence-electron chi connectivity index (χ4n) is 2.32. The molecule has 4 nitrogen and oxygen atoms in total. The molecule has 2 heterocycles. The summed E-state index contributed by atoms with van der Waals surface area (Å²) in [5, 5.41) is 7.23. The first-order valence-electron chi connectivity index (χ1n) is 6.52. The molecule has 1 fully saturated rings. The summed E-state index contributed by atoms with van der Waals surface area (Å²) in [5.74, 6) is 1.40. The van der Waals surface area contributed by atoms with Gasteiger partial charge in [0.2, 0.25) is 11.7 Å². The normalized spacial score (nSPS) is 18.0. The van der Waals surface area contributed by atoms with E-state index in [1.165, 1.54) is 6.07 Å². The molecule has 1 saturated heterocycles. The summed E-state index contributed by atoms with van der Waals surface area (Å²) in [6, 6.07) is 4.98. The van der Waals surface area contributed by atoms with Crippen molar-refractivity contribution in [3.63, 3.8) is 0 Å². The molecule has 1 aromatic carbocycles. The molecule has 6 heteroatoms. The van der Waals surface area contributed by atoms with Gasteiger partial charge < -0.3 is 9.84 Å². The van der Waals surface area contributed by atoms with Gasteiger partial charge in [0.1, 0.15) is 5.82 Å². The van der Waals surface area contributed by atoms with Gasteiger partial charge in [-0.3, -0.25) is 0 Å². The molecule has 0 radical (unpaired) electrons. The number of rotatable bonds is 3. The van der Waals surface area contributed by atoms with Gasteiger partial charge in [0.05, 0.1) is 0 Å². The van der Waals surface area contributed by atoms with Gasteiger partial charge in [-0.2, -0.15) is 4.98 Å². The number of aromatic nitrogens is 2. The van der Waals surface area contributed by atoms with Crippen molar-refractivity contribution in [3.05, 3.63) is 35.5 Å². The Morgan fingerprint density at radius 2 is 2.30 bits per heavy atom. The number of benzene rings is 1. The number of nitrogens with zero attached hydrogens (tertiary/aromatic N) is 2. The van der Waals surface area contributed by atoms with E-state index in [1.807, 2.05) is 6.07 Å². The van der Waals surface area contributed by atoms with Crippen LogP contribution in [0.25, 0.3) is 11.4 Å². The molecular weight excluding hydrogens is 281 g/mol. The highest BCUT2D eigenvalue weighted by Crippen LogP contribution is 2.20. The van der Waals surface area contributed by atoms with Gasteiger partial charge in [-0.15, -0.1) is 12.4 Å². The van der Waals surface area contributed by atoms with E-state index in [-0.39, 0.29) is 18.2 Å². The molecule has 0 spiro atoms. The van der Waals surface area contributed by atoms with Crippen LogP contribution in [-0.2, 0) is 6.42 Å². The third-order valence-electron chi connectivity index (χ3n) is 3.52. The van der Waals surface area contributed by atoms with Gasteiger partial charge in [-0.1, -0.05) is 17.3 Å². The van der Waals surface area contributed by atoms with E-state index in [4.69, 9.17) is 4.52 Å². The highest BCUT2D eigenvalue weighted by atomic mass is 35.5. The summed E-state index contributed by atoms with van der Waals surface area (Å²) in [6.45, 7) is 3.78. The number of halogens is 2. The van der Waals surface area contributed by atoms with Crippen LogP contribution in [0.1, 0.15) is 17.9 Å². The van der Waals surface area contributed by atoms with E-state index in [9.17, 15) is 4.39 Å². The maximum absolute atomic E-state index is 13.5. The SMILES string of the molecule is Cc1ccc(-c2noc(CC3CCNC3)n2)cc1F.Cl. The largest absolute Gasteiger partial charge is 0.339 e. The Morgan fingerprint density at radius 3 is 3.00 bits per heavy atom. The quantitative estimate of drug-likeness (QED) is 0.946. The molecule has 1 N–H and O–H groups in total. The highest BCUT2D eigenvalue weighted by Gasteiger charge is 2.19. The van der Waals surface area contributed by atoms with Gasteiger partial charge in [0.15, 0.2) is 0 Å². The van der Waals surface area contributed by atoms with Gasteiger partial charge in [-0.25, -0.2) is 4.39 Å². The molecule has 0 saturated carbocycles. The minimum Gasteiger partial charge on any atom is -0.339 e. The summed E-state index contributed by atoms with van der Waals surface area (Å²) >= 11 is 0. The van der Waals surface area contributed by atoms with Gasteiger partial charge in [0, 0.05) is 12.0 Å². The molecule has 108 valence electrons. The number of hydrogen-bond donors (Lipinski definition) is 1. The number of nitrogens with one attached hydrogen (secondary N) is 1. The molecule has 1 aromatic heterocycles. The second-order valence-electron chi connectivity index (χ2n) is 5.04. The fourth-order valence-corrected chi connectivity index (χ4v) is 2.32. The maximum atomic E-state index is 13.5. The third kappa shape index (κ3) is 3.16. The first kappa shape index (κ1) is 14.9. The van der Waals surface area contributed by atoms with Crippen LogP contribution < -0.4 is 5.32 Å². The van der Waals surface area contributed by atoms with Crippen LogP contribution in [0.4, 0.5) is 4.39 Å². The van der Waals surface area contributed by atoms with Crippen LogP contribution in [0.3, 0.4) is 0 Å². The van der Waals surface area contributed by atoms with Crippen LogP contribution in [0.2, 0.25) is 0 Å². The lowest BCUT2D eigenvalue weighted by Gasteiger charge is -2.02. The van der Waals surface area contributed by atoms with Crippen molar-refractivity contribution in [1.29, 1.82) is 0 Å². The fraction of sp³-hybridized carbons (Fsp3) is 0.429. The Kier molecular flexibility index (Phi) is 4.73. The van der Waals surface area contributed by atoms with E-state index in [2.05, 4.69) is 15.5 Å². The summed E-state index contributed by atoms with van der Waals surface area (Å²) in [5.41, 5.74) is 1.27. The number of hydrogen-bond acceptors (Lipinski definition) is 4. The van der Waals surface area contributed by atoms with Crippen LogP contribution in [0.5, 0.6) is 0 Å². The molecule has 20 heavy (non-hydrogen) atoms. The van der Waals surface area contributed by atoms with Crippen molar-refractivity contribution < 1.29 is 8.91 Å². The van der Waals surface area contributed by atoms with E-state index in [0.717, 1.165) is 25.9 Å². The Morgan fingerprint density at radius 1 is 1.45 bits per heavy atom. The average Bonchev–Trinajstić information content (AvgIpc) is 3.05. The minimum absolute atomic E-state index is 0. The lowest BCUT2D eigenvalue weighted by molar-refractivity contribution is 0.358. The Labute approximate surface area is 123 Å². The predicted octanol–water partition coefficient (Wildman–Crippen LogP) is 2.76. The Balaban J connectivity index is 0.00000147. The molecule has 1 atom stereocenters. The second kappa shape index (κ2) is 6.33. The van der Waals surface area contributed by atoms with Gasteiger partial charge in [0.25, 0.3) is 0 Å². The monoisotopic (exact) mass is 297 g/mol. The van der Waals surface area contributed by atoms with Gasteiger partial charge in [-0.05, 0) is 44.0 Å². The topological polar surface area (TPSA) is 51.0 Å². The summed E-state index contributed by atoms with van der Waals surface area (Å²) in [6.07, 6.45) is 1.92. The first-order valence-corrected chi connectivity index (χ1v) is 6.52. The lowest BCUT2D eigenvalue weighted by atomic mass is 10.1. The Bertz CT molecular complexity index is 582. The minimum atomic E-state index is -0.246. The maximum Gasteiger partial charge on any atom is 0.227 e. The van der Waals surface area contributed by atoms with E-state index < -0.39 is 0 Å². The first-order chi connectivity index (χ1) is 9.22. The van der Waals surface area contributed by atoms with Gasteiger partial charge >= 0.3 is 0 Å².